The molecule has 140 valence electrons. The third-order valence-corrected chi connectivity index (χ3v) is 3.71. The first-order chi connectivity index (χ1) is 11.0. The van der Waals surface area contributed by atoms with Crippen molar-refractivity contribution in [1.82, 2.24) is 0 Å². The monoisotopic (exact) mass is 336 g/mol. The van der Waals surface area contributed by atoms with Gasteiger partial charge in [0.1, 0.15) is 0 Å². The molecule has 0 radical (unpaired) electrons. The molecule has 6 heteroatoms. The quantitative estimate of drug-likeness (QED) is 0.309. The first-order valence-electron chi connectivity index (χ1n) is 8.84. The second-order valence-electron chi connectivity index (χ2n) is 5.90. The standard InChI is InChI=1S/C16H34O3.CH2O3/c1-2-3-4-5-6-9-12-15(18)16(19)13-10-7-8-11-14-17;2-1(3)4/h15-19H,2-14H2,1H3;(H2,2,3,4). The van der Waals surface area contributed by atoms with Crippen LogP contribution in [0, 0.1) is 0 Å². The molecule has 0 amide bonds. The average molecular weight is 336 g/mol. The fraction of sp³-hybridized carbons (Fsp3) is 0.941. The lowest BCUT2D eigenvalue weighted by molar-refractivity contribution is 0.00709. The number of hydrogen-bond donors (Lipinski definition) is 5. The summed E-state index contributed by atoms with van der Waals surface area (Å²) in [4.78, 5) is 8.56. The lowest BCUT2D eigenvalue weighted by Crippen LogP contribution is -2.25. The van der Waals surface area contributed by atoms with E-state index in [1.165, 1.54) is 32.1 Å². The fourth-order valence-corrected chi connectivity index (χ4v) is 2.34. The normalized spacial score (nSPS) is 13.0. The van der Waals surface area contributed by atoms with E-state index in [2.05, 4.69) is 6.92 Å². The molecule has 0 aromatic carbocycles. The van der Waals surface area contributed by atoms with E-state index < -0.39 is 18.4 Å². The Bertz CT molecular complexity index is 243. The third kappa shape index (κ3) is 23.5. The van der Waals surface area contributed by atoms with Crippen LogP contribution in [-0.4, -0.2) is 50.5 Å². The summed E-state index contributed by atoms with van der Waals surface area (Å²) in [5.41, 5.74) is 0. The number of unbranched alkanes of at least 4 members (excludes halogenated alkanes) is 8. The van der Waals surface area contributed by atoms with E-state index in [4.69, 9.17) is 20.1 Å². The molecule has 0 saturated heterocycles. The van der Waals surface area contributed by atoms with E-state index in [-0.39, 0.29) is 6.61 Å². The number of hydrogen-bond acceptors (Lipinski definition) is 4. The van der Waals surface area contributed by atoms with Crippen LogP contribution >= 0.6 is 0 Å². The van der Waals surface area contributed by atoms with Gasteiger partial charge in [-0.05, 0) is 19.3 Å². The summed E-state index contributed by atoms with van der Waals surface area (Å²) in [5, 5.41) is 42.2. The molecule has 0 fully saturated rings. The maximum atomic E-state index is 9.83. The van der Waals surface area contributed by atoms with Crippen molar-refractivity contribution in [2.45, 2.75) is 96.2 Å². The number of aliphatic hydroxyl groups is 3. The van der Waals surface area contributed by atoms with Gasteiger partial charge < -0.3 is 25.5 Å². The van der Waals surface area contributed by atoms with Crippen molar-refractivity contribution < 1.29 is 30.3 Å². The minimum atomic E-state index is -1.83. The number of carbonyl (C=O) groups is 1. The van der Waals surface area contributed by atoms with Gasteiger partial charge in [-0.2, -0.15) is 0 Å². The lowest BCUT2D eigenvalue weighted by Gasteiger charge is -2.17. The fourth-order valence-electron chi connectivity index (χ4n) is 2.34. The van der Waals surface area contributed by atoms with Gasteiger partial charge in [0.15, 0.2) is 0 Å². The van der Waals surface area contributed by atoms with Gasteiger partial charge >= 0.3 is 6.16 Å². The van der Waals surface area contributed by atoms with E-state index >= 15 is 0 Å². The van der Waals surface area contributed by atoms with Crippen LogP contribution in [0.4, 0.5) is 4.79 Å². The summed E-state index contributed by atoms with van der Waals surface area (Å²) in [7, 11) is 0. The van der Waals surface area contributed by atoms with E-state index in [1.807, 2.05) is 0 Å². The number of rotatable bonds is 14. The molecule has 5 N–H and O–H groups in total. The van der Waals surface area contributed by atoms with Crippen LogP contribution in [0.25, 0.3) is 0 Å². The molecule has 0 saturated carbocycles. The molecule has 0 spiro atoms. The van der Waals surface area contributed by atoms with Crippen LogP contribution in [0.2, 0.25) is 0 Å². The lowest BCUT2D eigenvalue weighted by atomic mass is 10.00. The summed E-state index contributed by atoms with van der Waals surface area (Å²) in [6.45, 7) is 2.46. The first-order valence-corrected chi connectivity index (χ1v) is 8.84. The summed E-state index contributed by atoms with van der Waals surface area (Å²) < 4.78 is 0. The molecule has 0 aliphatic rings. The van der Waals surface area contributed by atoms with Crippen LogP contribution in [0.1, 0.15) is 84.0 Å². The van der Waals surface area contributed by atoms with Gasteiger partial charge in [0.25, 0.3) is 0 Å². The zero-order chi connectivity index (χ0) is 17.9. The highest BCUT2D eigenvalue weighted by molar-refractivity contribution is 5.53. The highest BCUT2D eigenvalue weighted by atomic mass is 16.6. The van der Waals surface area contributed by atoms with Crippen molar-refractivity contribution in [2.75, 3.05) is 6.61 Å². The number of aliphatic hydroxyl groups excluding tert-OH is 3. The summed E-state index contributed by atoms with van der Waals surface area (Å²) in [6, 6.07) is 0. The van der Waals surface area contributed by atoms with E-state index in [0.717, 1.165) is 38.5 Å². The topological polar surface area (TPSA) is 118 Å². The first kappa shape index (κ1) is 24.4. The van der Waals surface area contributed by atoms with Gasteiger partial charge in [-0.25, -0.2) is 4.79 Å². The summed E-state index contributed by atoms with van der Waals surface area (Å²) in [6.07, 6.45) is 9.57. The molecule has 2 atom stereocenters. The van der Waals surface area contributed by atoms with Crippen molar-refractivity contribution in [3.8, 4) is 0 Å². The predicted molar refractivity (Wildman–Crippen MR) is 90.8 cm³/mol. The Morgan fingerprint density at radius 3 is 1.48 bits per heavy atom. The molecule has 0 aliphatic heterocycles. The van der Waals surface area contributed by atoms with Crippen LogP contribution in [0.3, 0.4) is 0 Å². The summed E-state index contributed by atoms with van der Waals surface area (Å²) >= 11 is 0. The molecule has 23 heavy (non-hydrogen) atoms. The number of carboxylic acid groups (broad SMARTS) is 2. The smallest absolute Gasteiger partial charge is 0.450 e. The van der Waals surface area contributed by atoms with Crippen LogP contribution in [0.15, 0.2) is 0 Å². The molecular formula is C17H36O6. The molecule has 0 aromatic rings. The van der Waals surface area contributed by atoms with Gasteiger partial charge in [-0.15, -0.1) is 0 Å². The predicted octanol–water partition coefficient (Wildman–Crippen LogP) is 3.62. The molecule has 0 rings (SSSR count). The van der Waals surface area contributed by atoms with Crippen LogP contribution in [-0.2, 0) is 0 Å². The van der Waals surface area contributed by atoms with Crippen molar-refractivity contribution in [3.05, 3.63) is 0 Å². The van der Waals surface area contributed by atoms with Gasteiger partial charge in [0.05, 0.1) is 12.2 Å². The Labute approximate surface area is 140 Å². The van der Waals surface area contributed by atoms with Gasteiger partial charge in [0.2, 0.25) is 0 Å². The molecule has 0 aliphatic carbocycles. The molecule has 0 aromatic heterocycles. The van der Waals surface area contributed by atoms with Crippen molar-refractivity contribution in [2.24, 2.45) is 0 Å². The zero-order valence-electron chi connectivity index (χ0n) is 14.5. The molecule has 0 heterocycles. The third-order valence-electron chi connectivity index (χ3n) is 3.71. The Hall–Kier alpha value is -0.850. The maximum absolute atomic E-state index is 9.83. The SMILES string of the molecule is CCCCCCCCC(O)C(O)CCCCCCO.O=C(O)O. The van der Waals surface area contributed by atoms with E-state index in [9.17, 15) is 10.2 Å². The molecular weight excluding hydrogens is 300 g/mol. The van der Waals surface area contributed by atoms with Crippen LogP contribution < -0.4 is 0 Å². The highest BCUT2D eigenvalue weighted by Gasteiger charge is 2.14. The van der Waals surface area contributed by atoms with Gasteiger partial charge in [0, 0.05) is 6.61 Å². The Morgan fingerprint density at radius 1 is 0.739 bits per heavy atom. The van der Waals surface area contributed by atoms with Gasteiger partial charge in [-0.1, -0.05) is 64.7 Å². The Kier molecular flexibility index (Phi) is 20.4. The maximum Gasteiger partial charge on any atom is 0.503 e. The van der Waals surface area contributed by atoms with E-state index in [0.29, 0.717) is 6.42 Å². The Balaban J connectivity index is 0. The van der Waals surface area contributed by atoms with Crippen LogP contribution in [0.5, 0.6) is 0 Å². The van der Waals surface area contributed by atoms with Gasteiger partial charge in [-0.3, -0.25) is 0 Å². The highest BCUT2D eigenvalue weighted by Crippen LogP contribution is 2.14. The molecule has 2 unspecified atom stereocenters. The minimum Gasteiger partial charge on any atom is -0.450 e. The van der Waals surface area contributed by atoms with Crippen molar-refractivity contribution >= 4 is 6.16 Å². The average Bonchev–Trinajstić information content (AvgIpc) is 2.49. The molecule has 6 nitrogen and oxygen atoms in total. The molecule has 0 bridgehead atoms. The summed E-state index contributed by atoms with van der Waals surface area (Å²) in [5.74, 6) is 0. The van der Waals surface area contributed by atoms with Crippen molar-refractivity contribution in [1.29, 1.82) is 0 Å². The van der Waals surface area contributed by atoms with E-state index in [1.54, 1.807) is 0 Å². The Morgan fingerprint density at radius 2 is 1.09 bits per heavy atom. The minimum absolute atomic E-state index is 0.253. The largest absolute Gasteiger partial charge is 0.503 e. The zero-order valence-corrected chi connectivity index (χ0v) is 14.5. The second kappa shape index (κ2) is 19.2. The second-order valence-corrected chi connectivity index (χ2v) is 5.90. The van der Waals surface area contributed by atoms with Crippen molar-refractivity contribution in [3.63, 3.8) is 0 Å².